The Bertz CT molecular complexity index is 701. The van der Waals surface area contributed by atoms with Gasteiger partial charge in [-0.1, -0.05) is 6.07 Å². The summed E-state index contributed by atoms with van der Waals surface area (Å²) in [5, 5.41) is 0. The molecule has 18 heavy (non-hydrogen) atoms. The van der Waals surface area contributed by atoms with Crippen LogP contribution in [-0.2, 0) is 0 Å². The van der Waals surface area contributed by atoms with Crippen molar-refractivity contribution in [3.05, 3.63) is 54.4 Å². The second kappa shape index (κ2) is 4.18. The van der Waals surface area contributed by atoms with Crippen molar-refractivity contribution in [1.29, 1.82) is 0 Å². The van der Waals surface area contributed by atoms with Crippen LogP contribution < -0.4 is 4.74 Å². The van der Waals surface area contributed by atoms with Crippen molar-refractivity contribution >= 4 is 5.52 Å². The van der Waals surface area contributed by atoms with Gasteiger partial charge in [-0.2, -0.15) is 0 Å². The SMILES string of the molecule is COc1cc(-c2c(C)cc3ccccn23)ccn1. The fourth-order valence-corrected chi connectivity index (χ4v) is 2.29. The Kier molecular flexibility index (Phi) is 2.52. The molecule has 0 aliphatic rings. The van der Waals surface area contributed by atoms with Crippen LogP contribution in [0.5, 0.6) is 5.88 Å². The third-order valence-electron chi connectivity index (χ3n) is 3.09. The first kappa shape index (κ1) is 10.8. The number of fused-ring (bicyclic) bond motifs is 1. The quantitative estimate of drug-likeness (QED) is 0.684. The predicted molar refractivity (Wildman–Crippen MR) is 71.9 cm³/mol. The number of hydrogen-bond acceptors (Lipinski definition) is 2. The summed E-state index contributed by atoms with van der Waals surface area (Å²) in [4.78, 5) is 4.15. The van der Waals surface area contributed by atoms with Crippen LogP contribution in [0.2, 0.25) is 0 Å². The van der Waals surface area contributed by atoms with E-state index in [9.17, 15) is 0 Å². The normalized spacial score (nSPS) is 10.8. The Morgan fingerprint density at radius 1 is 1.17 bits per heavy atom. The molecule has 3 nitrogen and oxygen atoms in total. The summed E-state index contributed by atoms with van der Waals surface area (Å²) >= 11 is 0. The monoisotopic (exact) mass is 238 g/mol. The number of aromatic nitrogens is 2. The molecule has 3 rings (SSSR count). The van der Waals surface area contributed by atoms with E-state index in [-0.39, 0.29) is 0 Å². The van der Waals surface area contributed by atoms with Gasteiger partial charge in [-0.05, 0) is 36.8 Å². The summed E-state index contributed by atoms with van der Waals surface area (Å²) in [5.41, 5.74) is 4.74. The van der Waals surface area contributed by atoms with E-state index in [0.29, 0.717) is 5.88 Å². The third kappa shape index (κ3) is 1.64. The van der Waals surface area contributed by atoms with Crippen LogP contribution in [0.1, 0.15) is 5.56 Å². The van der Waals surface area contributed by atoms with E-state index in [2.05, 4.69) is 34.6 Å². The number of pyridine rings is 2. The van der Waals surface area contributed by atoms with E-state index in [1.54, 1.807) is 13.3 Å². The fourth-order valence-electron chi connectivity index (χ4n) is 2.29. The molecule has 0 bridgehead atoms. The summed E-state index contributed by atoms with van der Waals surface area (Å²) in [5.74, 6) is 0.637. The van der Waals surface area contributed by atoms with E-state index in [1.807, 2.05) is 24.3 Å². The highest BCUT2D eigenvalue weighted by Crippen LogP contribution is 2.28. The summed E-state index contributed by atoms with van der Waals surface area (Å²) < 4.78 is 7.37. The summed E-state index contributed by atoms with van der Waals surface area (Å²) in [6.45, 7) is 2.12. The third-order valence-corrected chi connectivity index (χ3v) is 3.09. The smallest absolute Gasteiger partial charge is 0.213 e. The average molecular weight is 238 g/mol. The van der Waals surface area contributed by atoms with E-state index in [1.165, 1.54) is 16.8 Å². The van der Waals surface area contributed by atoms with Gasteiger partial charge < -0.3 is 9.14 Å². The Hall–Kier alpha value is -2.29. The highest BCUT2D eigenvalue weighted by molar-refractivity contribution is 5.71. The van der Waals surface area contributed by atoms with Crippen molar-refractivity contribution in [3.63, 3.8) is 0 Å². The lowest BCUT2D eigenvalue weighted by atomic mass is 10.1. The molecule has 0 aliphatic carbocycles. The zero-order valence-electron chi connectivity index (χ0n) is 10.4. The minimum absolute atomic E-state index is 0.637. The van der Waals surface area contributed by atoms with Crippen LogP contribution in [0.4, 0.5) is 0 Å². The second-order valence-electron chi connectivity index (χ2n) is 4.26. The maximum Gasteiger partial charge on any atom is 0.213 e. The maximum absolute atomic E-state index is 5.18. The number of ether oxygens (including phenoxy) is 1. The highest BCUT2D eigenvalue weighted by atomic mass is 16.5. The molecule has 0 radical (unpaired) electrons. The van der Waals surface area contributed by atoms with Gasteiger partial charge in [0.1, 0.15) is 0 Å². The summed E-state index contributed by atoms with van der Waals surface area (Å²) in [7, 11) is 1.63. The minimum atomic E-state index is 0.637. The van der Waals surface area contributed by atoms with Crippen LogP contribution in [0.3, 0.4) is 0 Å². The minimum Gasteiger partial charge on any atom is -0.481 e. The largest absolute Gasteiger partial charge is 0.481 e. The number of aryl methyl sites for hydroxylation is 1. The molecule has 0 spiro atoms. The summed E-state index contributed by atoms with van der Waals surface area (Å²) in [6, 6.07) is 12.3. The second-order valence-corrected chi connectivity index (χ2v) is 4.26. The fraction of sp³-hybridized carbons (Fsp3) is 0.133. The van der Waals surface area contributed by atoms with Gasteiger partial charge in [0.25, 0.3) is 0 Å². The Morgan fingerprint density at radius 2 is 2.06 bits per heavy atom. The molecule has 0 saturated heterocycles. The van der Waals surface area contributed by atoms with Gasteiger partial charge in [0.05, 0.1) is 12.8 Å². The van der Waals surface area contributed by atoms with Gasteiger partial charge in [-0.3, -0.25) is 0 Å². The van der Waals surface area contributed by atoms with Crippen molar-refractivity contribution in [2.24, 2.45) is 0 Å². The number of methoxy groups -OCH3 is 1. The van der Waals surface area contributed by atoms with E-state index in [4.69, 9.17) is 4.74 Å². The standard InChI is InChI=1S/C15H14N2O/c1-11-9-13-5-3-4-8-17(13)15(11)12-6-7-16-14(10-12)18-2/h3-10H,1-2H3. The average Bonchev–Trinajstić information content (AvgIpc) is 2.74. The molecule has 0 aliphatic heterocycles. The molecule has 3 aromatic rings. The predicted octanol–water partition coefficient (Wildman–Crippen LogP) is 3.32. The van der Waals surface area contributed by atoms with Crippen molar-refractivity contribution in [3.8, 4) is 17.1 Å². The van der Waals surface area contributed by atoms with Gasteiger partial charge in [0, 0.05) is 29.5 Å². The van der Waals surface area contributed by atoms with E-state index >= 15 is 0 Å². The molecule has 0 fully saturated rings. The zero-order chi connectivity index (χ0) is 12.5. The molecule has 3 aromatic heterocycles. The van der Waals surface area contributed by atoms with Gasteiger partial charge in [0.15, 0.2) is 0 Å². The lowest BCUT2D eigenvalue weighted by Gasteiger charge is -2.06. The van der Waals surface area contributed by atoms with Crippen LogP contribution in [0.15, 0.2) is 48.8 Å². The van der Waals surface area contributed by atoms with Crippen LogP contribution in [0, 0.1) is 6.92 Å². The summed E-state index contributed by atoms with van der Waals surface area (Å²) in [6.07, 6.45) is 3.85. The van der Waals surface area contributed by atoms with Crippen LogP contribution in [-0.4, -0.2) is 16.5 Å². The molecular weight excluding hydrogens is 224 g/mol. The van der Waals surface area contributed by atoms with Gasteiger partial charge in [0.2, 0.25) is 5.88 Å². The number of nitrogens with zero attached hydrogens (tertiary/aromatic N) is 2. The first-order chi connectivity index (χ1) is 8.79. The molecule has 90 valence electrons. The Morgan fingerprint density at radius 3 is 2.89 bits per heavy atom. The molecule has 0 aromatic carbocycles. The molecule has 0 amide bonds. The first-order valence-electron chi connectivity index (χ1n) is 5.86. The molecule has 3 heterocycles. The highest BCUT2D eigenvalue weighted by Gasteiger charge is 2.09. The zero-order valence-corrected chi connectivity index (χ0v) is 10.4. The van der Waals surface area contributed by atoms with Gasteiger partial charge >= 0.3 is 0 Å². The molecule has 0 unspecified atom stereocenters. The topological polar surface area (TPSA) is 26.5 Å². The molecule has 0 N–H and O–H groups in total. The van der Waals surface area contributed by atoms with Gasteiger partial charge in [-0.15, -0.1) is 0 Å². The van der Waals surface area contributed by atoms with Crippen LogP contribution >= 0.6 is 0 Å². The lowest BCUT2D eigenvalue weighted by Crippen LogP contribution is -1.91. The lowest BCUT2D eigenvalue weighted by molar-refractivity contribution is 0.398. The van der Waals surface area contributed by atoms with Crippen molar-refractivity contribution in [2.45, 2.75) is 6.92 Å². The van der Waals surface area contributed by atoms with Crippen LogP contribution in [0.25, 0.3) is 16.8 Å². The van der Waals surface area contributed by atoms with Crippen molar-refractivity contribution < 1.29 is 4.74 Å². The molecule has 3 heteroatoms. The molecular formula is C15H14N2O. The first-order valence-corrected chi connectivity index (χ1v) is 5.86. The molecule has 0 saturated carbocycles. The number of rotatable bonds is 2. The van der Waals surface area contributed by atoms with Crippen molar-refractivity contribution in [1.82, 2.24) is 9.38 Å². The van der Waals surface area contributed by atoms with Gasteiger partial charge in [-0.25, -0.2) is 4.98 Å². The Balaban J connectivity index is 2.27. The molecule has 0 atom stereocenters. The Labute approximate surface area is 106 Å². The van der Waals surface area contributed by atoms with E-state index in [0.717, 1.165) is 5.56 Å². The maximum atomic E-state index is 5.18. The van der Waals surface area contributed by atoms with E-state index < -0.39 is 0 Å². The van der Waals surface area contributed by atoms with Crippen molar-refractivity contribution in [2.75, 3.05) is 7.11 Å². The number of hydrogen-bond donors (Lipinski definition) is 0.